The number of likely N-dealkylation sites (N-methyl/N-ethyl adjacent to an activating group) is 1. The van der Waals surface area contributed by atoms with Crippen LogP contribution < -0.4 is 10.1 Å². The third kappa shape index (κ3) is 5.61. The van der Waals surface area contributed by atoms with E-state index in [9.17, 15) is 18.0 Å². The van der Waals surface area contributed by atoms with Crippen molar-refractivity contribution < 1.29 is 27.4 Å². The largest absolute Gasteiger partial charge is 0.484 e. The third-order valence-electron chi connectivity index (χ3n) is 3.92. The summed E-state index contributed by atoms with van der Waals surface area (Å²) < 4.78 is 47.2. The van der Waals surface area contributed by atoms with Gasteiger partial charge >= 0.3 is 6.18 Å². The van der Waals surface area contributed by atoms with Crippen molar-refractivity contribution in [3.05, 3.63) is 28.8 Å². The number of halogens is 3. The summed E-state index contributed by atoms with van der Waals surface area (Å²) in [5.41, 5.74) is 2.06. The number of benzene rings is 1. The van der Waals surface area contributed by atoms with E-state index in [1.165, 1.54) is 0 Å². The Balaban J connectivity index is 2.03. The van der Waals surface area contributed by atoms with Gasteiger partial charge in [0.2, 0.25) is 5.91 Å². The fraction of sp³-hybridized carbons (Fsp3) is 0.588. The molecule has 1 atom stereocenters. The molecule has 1 aromatic carbocycles. The predicted octanol–water partition coefficient (Wildman–Crippen LogP) is 2.19. The molecule has 0 saturated carbocycles. The smallest absolute Gasteiger partial charge is 0.422 e. The molecule has 0 spiro atoms. The van der Waals surface area contributed by atoms with E-state index in [2.05, 4.69) is 5.32 Å². The van der Waals surface area contributed by atoms with Gasteiger partial charge in [-0.2, -0.15) is 13.2 Å². The lowest BCUT2D eigenvalue weighted by atomic mass is 10.0. The van der Waals surface area contributed by atoms with Crippen LogP contribution in [0.1, 0.15) is 16.7 Å². The number of nitrogens with zero attached hydrogens (tertiary/aromatic N) is 1. The molecule has 1 amide bonds. The SMILES string of the molecule is Cc1cc(CN(C)C(=O)[C@@H]2COCCN2)cc(C)c1OCC(F)(F)F. The molecule has 1 saturated heterocycles. The Labute approximate surface area is 145 Å². The molecule has 0 aromatic heterocycles. The molecule has 1 heterocycles. The average Bonchev–Trinajstić information content (AvgIpc) is 2.53. The van der Waals surface area contributed by atoms with Crippen molar-refractivity contribution in [2.75, 3.05) is 33.4 Å². The van der Waals surface area contributed by atoms with Crippen molar-refractivity contribution in [3.63, 3.8) is 0 Å². The summed E-state index contributed by atoms with van der Waals surface area (Å²) in [6.45, 7) is 3.99. The van der Waals surface area contributed by atoms with E-state index in [4.69, 9.17) is 9.47 Å². The predicted molar refractivity (Wildman–Crippen MR) is 86.5 cm³/mol. The molecule has 0 radical (unpaired) electrons. The first-order valence-electron chi connectivity index (χ1n) is 8.03. The van der Waals surface area contributed by atoms with E-state index in [0.717, 1.165) is 5.56 Å². The molecule has 0 aliphatic carbocycles. The minimum absolute atomic E-state index is 0.0765. The van der Waals surface area contributed by atoms with Crippen LogP contribution in [0, 0.1) is 13.8 Å². The molecule has 1 aliphatic rings. The number of rotatable bonds is 5. The van der Waals surface area contributed by atoms with E-state index < -0.39 is 12.8 Å². The maximum atomic E-state index is 12.4. The fourth-order valence-corrected chi connectivity index (χ4v) is 2.85. The van der Waals surface area contributed by atoms with Crippen molar-refractivity contribution >= 4 is 5.91 Å². The van der Waals surface area contributed by atoms with Gasteiger partial charge in [0, 0.05) is 20.1 Å². The average molecular weight is 360 g/mol. The first-order valence-corrected chi connectivity index (χ1v) is 8.03. The molecule has 5 nitrogen and oxygen atoms in total. The Morgan fingerprint density at radius 2 is 2.00 bits per heavy atom. The molecule has 1 N–H and O–H groups in total. The van der Waals surface area contributed by atoms with Crippen molar-refractivity contribution in [2.24, 2.45) is 0 Å². The van der Waals surface area contributed by atoms with E-state index >= 15 is 0 Å². The van der Waals surface area contributed by atoms with Gasteiger partial charge in [0.25, 0.3) is 0 Å². The molecule has 25 heavy (non-hydrogen) atoms. The van der Waals surface area contributed by atoms with Crippen LogP contribution in [0.5, 0.6) is 5.75 Å². The number of carbonyl (C=O) groups excluding carboxylic acids is 1. The number of ether oxygens (including phenoxy) is 2. The summed E-state index contributed by atoms with van der Waals surface area (Å²) >= 11 is 0. The number of hydrogen-bond acceptors (Lipinski definition) is 4. The van der Waals surface area contributed by atoms with Gasteiger partial charge in [-0.25, -0.2) is 0 Å². The van der Waals surface area contributed by atoms with Gasteiger partial charge in [-0.05, 0) is 30.5 Å². The second-order valence-corrected chi connectivity index (χ2v) is 6.24. The molecule has 0 bridgehead atoms. The molecule has 8 heteroatoms. The molecule has 1 aromatic rings. The molecular formula is C17H23F3N2O3. The lowest BCUT2D eigenvalue weighted by Gasteiger charge is -2.28. The first kappa shape index (κ1) is 19.5. The van der Waals surface area contributed by atoms with Gasteiger partial charge < -0.3 is 19.7 Å². The normalized spacial score (nSPS) is 18.1. The van der Waals surface area contributed by atoms with Crippen LogP contribution in [-0.2, 0) is 16.1 Å². The van der Waals surface area contributed by atoms with Gasteiger partial charge in [-0.3, -0.25) is 4.79 Å². The number of alkyl halides is 3. The number of amides is 1. The molecule has 2 rings (SSSR count). The van der Waals surface area contributed by atoms with Crippen LogP contribution in [0.4, 0.5) is 13.2 Å². The Bertz CT molecular complexity index is 591. The molecule has 1 fully saturated rings. The Morgan fingerprint density at radius 3 is 2.52 bits per heavy atom. The zero-order chi connectivity index (χ0) is 18.6. The van der Waals surface area contributed by atoms with Gasteiger partial charge in [0.05, 0.1) is 13.2 Å². The Hall–Kier alpha value is -1.80. The van der Waals surface area contributed by atoms with E-state index in [1.54, 1.807) is 37.9 Å². The van der Waals surface area contributed by atoms with Gasteiger partial charge in [0.1, 0.15) is 11.8 Å². The second-order valence-electron chi connectivity index (χ2n) is 6.24. The van der Waals surface area contributed by atoms with Crippen molar-refractivity contribution in [1.29, 1.82) is 0 Å². The summed E-state index contributed by atoms with van der Waals surface area (Å²) in [6.07, 6.45) is -4.38. The van der Waals surface area contributed by atoms with Gasteiger partial charge in [-0.1, -0.05) is 12.1 Å². The summed E-state index contributed by atoms with van der Waals surface area (Å²) in [6, 6.07) is 3.12. The number of nitrogens with one attached hydrogen (secondary N) is 1. The van der Waals surface area contributed by atoms with E-state index in [0.29, 0.717) is 37.4 Å². The topological polar surface area (TPSA) is 50.8 Å². The minimum Gasteiger partial charge on any atom is -0.484 e. The Morgan fingerprint density at radius 1 is 1.36 bits per heavy atom. The number of aryl methyl sites for hydroxylation is 2. The van der Waals surface area contributed by atoms with Crippen LogP contribution in [0.2, 0.25) is 0 Å². The quantitative estimate of drug-likeness (QED) is 0.875. The maximum Gasteiger partial charge on any atom is 0.422 e. The van der Waals surface area contributed by atoms with Crippen LogP contribution in [0.25, 0.3) is 0 Å². The Kier molecular flexibility index (Phi) is 6.29. The number of morpholine rings is 1. The number of carbonyl (C=O) groups is 1. The highest BCUT2D eigenvalue weighted by Crippen LogP contribution is 2.27. The standard InChI is InChI=1S/C17H23F3N2O3/c1-11-6-13(7-12(2)15(11)25-10-17(18,19)20)8-22(3)16(23)14-9-24-5-4-21-14/h6-7,14,21H,4-5,8-10H2,1-3H3/t14-/m0/s1. The van der Waals surface area contributed by atoms with Crippen LogP contribution >= 0.6 is 0 Å². The molecule has 1 aliphatic heterocycles. The van der Waals surface area contributed by atoms with Gasteiger partial charge in [-0.15, -0.1) is 0 Å². The number of hydrogen-bond donors (Lipinski definition) is 1. The molecular weight excluding hydrogens is 337 g/mol. The fourth-order valence-electron chi connectivity index (χ4n) is 2.85. The second kappa shape index (κ2) is 8.05. The van der Waals surface area contributed by atoms with Crippen molar-refractivity contribution in [1.82, 2.24) is 10.2 Å². The summed E-state index contributed by atoms with van der Waals surface area (Å²) in [4.78, 5) is 14.0. The lowest BCUT2D eigenvalue weighted by molar-refractivity contribution is -0.153. The van der Waals surface area contributed by atoms with E-state index in [-0.39, 0.29) is 17.7 Å². The summed E-state index contributed by atoms with van der Waals surface area (Å²) in [5.74, 6) is 0.157. The third-order valence-corrected chi connectivity index (χ3v) is 3.92. The lowest BCUT2D eigenvalue weighted by Crippen LogP contribution is -2.51. The van der Waals surface area contributed by atoms with Gasteiger partial charge in [0.15, 0.2) is 6.61 Å². The summed E-state index contributed by atoms with van der Waals surface area (Å²) in [7, 11) is 1.69. The maximum absolute atomic E-state index is 12.4. The molecule has 0 unspecified atom stereocenters. The van der Waals surface area contributed by atoms with Crippen molar-refractivity contribution in [3.8, 4) is 5.75 Å². The molecule has 140 valence electrons. The monoisotopic (exact) mass is 360 g/mol. The highest BCUT2D eigenvalue weighted by molar-refractivity contribution is 5.81. The first-order chi connectivity index (χ1) is 11.7. The highest BCUT2D eigenvalue weighted by atomic mass is 19.4. The van der Waals surface area contributed by atoms with Crippen LogP contribution in [0.15, 0.2) is 12.1 Å². The van der Waals surface area contributed by atoms with E-state index in [1.807, 2.05) is 0 Å². The minimum atomic E-state index is -4.38. The summed E-state index contributed by atoms with van der Waals surface area (Å²) in [5, 5.41) is 3.11. The van der Waals surface area contributed by atoms with Crippen molar-refractivity contribution in [2.45, 2.75) is 32.6 Å². The highest BCUT2D eigenvalue weighted by Gasteiger charge is 2.29. The zero-order valence-corrected chi connectivity index (χ0v) is 14.6. The van der Waals surface area contributed by atoms with Crippen LogP contribution in [-0.4, -0.2) is 56.4 Å². The zero-order valence-electron chi connectivity index (χ0n) is 14.6. The van der Waals surface area contributed by atoms with Crippen LogP contribution in [0.3, 0.4) is 0 Å².